The van der Waals surface area contributed by atoms with Gasteiger partial charge in [0, 0.05) is 4.91 Å². The van der Waals surface area contributed by atoms with E-state index in [0.29, 0.717) is 17.7 Å². The Bertz CT molecular complexity index is 406. The van der Waals surface area contributed by atoms with Crippen LogP contribution in [0.1, 0.15) is 18.5 Å². The highest BCUT2D eigenvalue weighted by Gasteiger charge is 2.10. The van der Waals surface area contributed by atoms with E-state index in [1.807, 2.05) is 0 Å². The number of allylic oxidation sites excluding steroid dienone is 4. The van der Waals surface area contributed by atoms with Gasteiger partial charge in [0.2, 0.25) is 0 Å². The molecule has 0 saturated heterocycles. The highest BCUT2D eigenvalue weighted by Crippen LogP contribution is 2.26. The van der Waals surface area contributed by atoms with Crippen LogP contribution in [0.4, 0.5) is 0 Å². The SMILES string of the molecule is O=S([O-])C1=CC=C(c2cocn2)CC1. The largest absolute Gasteiger partial charge is 0.769 e. The molecule has 4 nitrogen and oxygen atoms in total. The second-order valence-corrected chi connectivity index (χ2v) is 3.93. The number of hydrogen-bond acceptors (Lipinski definition) is 4. The summed E-state index contributed by atoms with van der Waals surface area (Å²) < 4.78 is 26.1. The zero-order chi connectivity index (χ0) is 9.97. The lowest BCUT2D eigenvalue weighted by atomic mass is 10.0. The zero-order valence-electron chi connectivity index (χ0n) is 7.30. The summed E-state index contributed by atoms with van der Waals surface area (Å²) >= 11 is -2.09. The van der Waals surface area contributed by atoms with Crippen molar-refractivity contribution in [3.05, 3.63) is 35.4 Å². The molecule has 0 amide bonds. The topological polar surface area (TPSA) is 66.2 Å². The van der Waals surface area contributed by atoms with E-state index in [4.69, 9.17) is 4.42 Å². The molecule has 5 heteroatoms. The van der Waals surface area contributed by atoms with Crippen LogP contribution in [0, 0.1) is 0 Å². The molecule has 0 radical (unpaired) electrons. The Hall–Kier alpha value is -1.20. The van der Waals surface area contributed by atoms with E-state index in [9.17, 15) is 8.76 Å². The van der Waals surface area contributed by atoms with Gasteiger partial charge in [0.05, 0.1) is 0 Å². The third kappa shape index (κ3) is 1.83. The summed E-state index contributed by atoms with van der Waals surface area (Å²) in [6.45, 7) is 0. The lowest BCUT2D eigenvalue weighted by molar-refractivity contribution is 0.541. The van der Waals surface area contributed by atoms with Crippen molar-refractivity contribution in [3.8, 4) is 0 Å². The van der Waals surface area contributed by atoms with Crippen molar-refractivity contribution in [2.24, 2.45) is 0 Å². The van der Waals surface area contributed by atoms with Gasteiger partial charge in [-0.3, -0.25) is 4.21 Å². The summed E-state index contributed by atoms with van der Waals surface area (Å²) in [4.78, 5) is 4.43. The first-order valence-corrected chi connectivity index (χ1v) is 5.22. The Balaban J connectivity index is 2.23. The summed E-state index contributed by atoms with van der Waals surface area (Å²) in [6, 6.07) is 0. The van der Waals surface area contributed by atoms with Crippen molar-refractivity contribution >= 4 is 16.7 Å². The Morgan fingerprint density at radius 3 is 2.79 bits per heavy atom. The summed E-state index contributed by atoms with van der Waals surface area (Å²) in [6.07, 6.45) is 7.52. The molecule has 0 aliphatic heterocycles. The first-order valence-electron chi connectivity index (χ1n) is 4.15. The van der Waals surface area contributed by atoms with E-state index in [1.54, 1.807) is 18.4 Å². The van der Waals surface area contributed by atoms with Gasteiger partial charge in [0.15, 0.2) is 6.39 Å². The molecule has 1 aliphatic carbocycles. The van der Waals surface area contributed by atoms with Crippen molar-refractivity contribution in [2.45, 2.75) is 12.8 Å². The Labute approximate surface area is 83.6 Å². The molecule has 1 atom stereocenters. The Morgan fingerprint density at radius 2 is 2.29 bits per heavy atom. The molecule has 0 saturated carbocycles. The molecule has 0 bridgehead atoms. The molecule has 1 aliphatic rings. The Morgan fingerprint density at radius 1 is 1.43 bits per heavy atom. The maximum Gasteiger partial charge on any atom is 0.181 e. The van der Waals surface area contributed by atoms with Crippen LogP contribution in [-0.4, -0.2) is 13.7 Å². The van der Waals surface area contributed by atoms with Crippen LogP contribution < -0.4 is 0 Å². The average molecular weight is 210 g/mol. The number of nitrogens with zero attached hydrogens (tertiary/aromatic N) is 1. The molecule has 1 aromatic rings. The highest BCUT2D eigenvalue weighted by atomic mass is 32.2. The Kier molecular flexibility index (Phi) is 2.60. The molecule has 74 valence electrons. The molecule has 1 unspecified atom stereocenters. The normalized spacial score (nSPS) is 18.6. The molecule has 1 aromatic heterocycles. The molecule has 0 fully saturated rings. The van der Waals surface area contributed by atoms with Gasteiger partial charge in [-0.15, -0.1) is 0 Å². The second-order valence-electron chi connectivity index (χ2n) is 2.93. The highest BCUT2D eigenvalue weighted by molar-refractivity contribution is 7.83. The average Bonchev–Trinajstić information content (AvgIpc) is 2.71. The monoisotopic (exact) mass is 210 g/mol. The van der Waals surface area contributed by atoms with Gasteiger partial charge in [-0.1, -0.05) is 12.2 Å². The van der Waals surface area contributed by atoms with Crippen LogP contribution in [0.5, 0.6) is 0 Å². The molecule has 1 heterocycles. The van der Waals surface area contributed by atoms with Crippen molar-refractivity contribution in [1.82, 2.24) is 4.98 Å². The molecule has 0 aromatic carbocycles. The summed E-state index contributed by atoms with van der Waals surface area (Å²) in [5, 5.41) is 0. The van der Waals surface area contributed by atoms with E-state index in [-0.39, 0.29) is 0 Å². The van der Waals surface area contributed by atoms with Gasteiger partial charge in [0.1, 0.15) is 12.0 Å². The van der Waals surface area contributed by atoms with Crippen molar-refractivity contribution in [3.63, 3.8) is 0 Å². The lowest BCUT2D eigenvalue weighted by Crippen LogP contribution is -1.98. The third-order valence-electron chi connectivity index (χ3n) is 2.09. The summed E-state index contributed by atoms with van der Waals surface area (Å²) in [5.41, 5.74) is 1.78. The number of aromatic nitrogens is 1. The molecular weight excluding hydrogens is 202 g/mol. The fraction of sp³-hybridized carbons (Fsp3) is 0.222. The lowest BCUT2D eigenvalue weighted by Gasteiger charge is -2.14. The van der Waals surface area contributed by atoms with Gasteiger partial charge >= 0.3 is 0 Å². The molecule has 2 rings (SSSR count). The van der Waals surface area contributed by atoms with Crippen LogP contribution in [0.15, 0.2) is 34.1 Å². The van der Waals surface area contributed by atoms with Crippen LogP contribution in [0.3, 0.4) is 0 Å². The van der Waals surface area contributed by atoms with E-state index in [0.717, 1.165) is 11.3 Å². The van der Waals surface area contributed by atoms with Crippen LogP contribution in [-0.2, 0) is 11.1 Å². The van der Waals surface area contributed by atoms with Gasteiger partial charge in [0.25, 0.3) is 0 Å². The van der Waals surface area contributed by atoms with Crippen LogP contribution >= 0.6 is 0 Å². The van der Waals surface area contributed by atoms with Crippen molar-refractivity contribution < 1.29 is 13.2 Å². The third-order valence-corrected chi connectivity index (χ3v) is 2.85. The van der Waals surface area contributed by atoms with Gasteiger partial charge in [-0.05, 0) is 29.5 Å². The standard InChI is InChI=1S/C9H9NO3S/c11-14(12)8-3-1-7(2-4-8)9-5-13-6-10-9/h1,3,5-6H,2,4H2,(H,11,12)/p-1. The second kappa shape index (κ2) is 3.89. The fourth-order valence-electron chi connectivity index (χ4n) is 1.34. The van der Waals surface area contributed by atoms with Gasteiger partial charge < -0.3 is 8.97 Å². The summed E-state index contributed by atoms with van der Waals surface area (Å²) in [5.74, 6) is 0. The van der Waals surface area contributed by atoms with E-state index >= 15 is 0 Å². The van der Waals surface area contributed by atoms with E-state index in [2.05, 4.69) is 4.98 Å². The van der Waals surface area contributed by atoms with Gasteiger partial charge in [-0.2, -0.15) is 0 Å². The molecule has 14 heavy (non-hydrogen) atoms. The van der Waals surface area contributed by atoms with Crippen LogP contribution in [0.25, 0.3) is 5.57 Å². The summed E-state index contributed by atoms with van der Waals surface area (Å²) in [7, 11) is 0. The zero-order valence-corrected chi connectivity index (χ0v) is 8.12. The molecule has 0 spiro atoms. The minimum atomic E-state index is -2.09. The van der Waals surface area contributed by atoms with Crippen LogP contribution in [0.2, 0.25) is 0 Å². The predicted octanol–water partition coefficient (Wildman–Crippen LogP) is 1.61. The van der Waals surface area contributed by atoms with Crippen molar-refractivity contribution in [1.29, 1.82) is 0 Å². The maximum absolute atomic E-state index is 10.6. The minimum absolute atomic E-state index is 0.442. The minimum Gasteiger partial charge on any atom is -0.769 e. The van der Waals surface area contributed by atoms with Gasteiger partial charge in [-0.25, -0.2) is 4.98 Å². The maximum atomic E-state index is 10.6. The smallest absolute Gasteiger partial charge is 0.181 e. The van der Waals surface area contributed by atoms with E-state index < -0.39 is 11.1 Å². The fourth-order valence-corrected chi connectivity index (χ4v) is 1.79. The molecule has 0 N–H and O–H groups in total. The van der Waals surface area contributed by atoms with E-state index in [1.165, 1.54) is 6.39 Å². The number of rotatable bonds is 2. The molecular formula is C9H8NO3S-. The predicted molar refractivity (Wildman–Crippen MR) is 50.7 cm³/mol. The first kappa shape index (κ1) is 9.36. The number of oxazole rings is 1. The van der Waals surface area contributed by atoms with Crippen molar-refractivity contribution in [2.75, 3.05) is 0 Å². The quantitative estimate of drug-likeness (QED) is 0.695. The first-order chi connectivity index (χ1) is 6.77. The number of hydrogen-bond donors (Lipinski definition) is 0.